The van der Waals surface area contributed by atoms with Gasteiger partial charge < -0.3 is 15.8 Å². The van der Waals surface area contributed by atoms with Gasteiger partial charge in [0.15, 0.2) is 0 Å². The number of carbonyl (C=O) groups excluding carboxylic acids is 1. The fourth-order valence-electron chi connectivity index (χ4n) is 1.49. The second-order valence-electron chi connectivity index (χ2n) is 5.05. The quantitative estimate of drug-likeness (QED) is 0.689. The molecule has 4 heteroatoms. The Labute approximate surface area is 98.9 Å². The van der Waals surface area contributed by atoms with Crippen LogP contribution in [-0.2, 0) is 9.53 Å². The van der Waals surface area contributed by atoms with Gasteiger partial charge in [0, 0.05) is 7.11 Å². The first-order chi connectivity index (χ1) is 7.38. The molecule has 0 aromatic carbocycles. The third-order valence-corrected chi connectivity index (χ3v) is 2.54. The van der Waals surface area contributed by atoms with Gasteiger partial charge in [0.05, 0.1) is 18.7 Å². The highest BCUT2D eigenvalue weighted by molar-refractivity contribution is 5.81. The number of methoxy groups -OCH3 is 1. The van der Waals surface area contributed by atoms with Gasteiger partial charge in [-0.25, -0.2) is 0 Å². The number of carbonyl (C=O) groups is 1. The molecular weight excluding hydrogens is 204 g/mol. The van der Waals surface area contributed by atoms with Crippen molar-refractivity contribution in [1.29, 1.82) is 0 Å². The van der Waals surface area contributed by atoms with E-state index in [9.17, 15) is 4.79 Å². The highest BCUT2D eigenvalue weighted by atomic mass is 16.5. The van der Waals surface area contributed by atoms with Crippen LogP contribution >= 0.6 is 0 Å². The Kier molecular flexibility index (Phi) is 7.34. The van der Waals surface area contributed by atoms with Crippen molar-refractivity contribution in [3.05, 3.63) is 0 Å². The number of nitrogens with one attached hydrogen (secondary N) is 1. The molecule has 0 fully saturated rings. The van der Waals surface area contributed by atoms with Crippen LogP contribution in [0.1, 0.15) is 34.1 Å². The molecule has 0 heterocycles. The molecule has 1 amide bonds. The highest BCUT2D eigenvalue weighted by Crippen LogP contribution is 2.05. The Morgan fingerprint density at radius 1 is 1.31 bits per heavy atom. The number of amides is 1. The van der Waals surface area contributed by atoms with E-state index in [1.807, 2.05) is 0 Å². The van der Waals surface area contributed by atoms with Crippen LogP contribution in [0, 0.1) is 11.8 Å². The van der Waals surface area contributed by atoms with Crippen LogP contribution in [0.4, 0.5) is 0 Å². The smallest absolute Gasteiger partial charge is 0.237 e. The topological polar surface area (TPSA) is 64.3 Å². The Morgan fingerprint density at radius 2 is 1.88 bits per heavy atom. The van der Waals surface area contributed by atoms with E-state index in [0.717, 1.165) is 0 Å². The molecule has 0 aliphatic rings. The summed E-state index contributed by atoms with van der Waals surface area (Å²) in [4.78, 5) is 11.8. The summed E-state index contributed by atoms with van der Waals surface area (Å²) in [6.07, 6.45) is 0.712. The monoisotopic (exact) mass is 230 g/mol. The molecule has 0 radical (unpaired) electrons. The van der Waals surface area contributed by atoms with E-state index in [2.05, 4.69) is 33.0 Å². The molecular formula is C12H26N2O2. The summed E-state index contributed by atoms with van der Waals surface area (Å²) >= 11 is 0. The summed E-state index contributed by atoms with van der Waals surface area (Å²) in [5.74, 6) is 0.695. The molecule has 0 aromatic heterocycles. The number of hydrogen-bond acceptors (Lipinski definition) is 3. The van der Waals surface area contributed by atoms with E-state index < -0.39 is 6.04 Å². The van der Waals surface area contributed by atoms with Crippen molar-refractivity contribution >= 4 is 5.91 Å². The van der Waals surface area contributed by atoms with E-state index in [4.69, 9.17) is 10.5 Å². The van der Waals surface area contributed by atoms with Crippen molar-refractivity contribution in [3.63, 3.8) is 0 Å². The first kappa shape index (κ1) is 15.4. The van der Waals surface area contributed by atoms with E-state index in [1.54, 1.807) is 7.11 Å². The minimum absolute atomic E-state index is 0.0377. The van der Waals surface area contributed by atoms with Crippen LogP contribution in [0.5, 0.6) is 0 Å². The molecule has 96 valence electrons. The maximum absolute atomic E-state index is 11.8. The number of nitrogens with two attached hydrogens (primary N) is 1. The zero-order valence-corrected chi connectivity index (χ0v) is 11.1. The fraction of sp³-hybridized carbons (Fsp3) is 0.917. The molecule has 3 N–H and O–H groups in total. The molecule has 4 nitrogen and oxygen atoms in total. The zero-order valence-electron chi connectivity index (χ0n) is 11.1. The highest BCUT2D eigenvalue weighted by Gasteiger charge is 2.20. The van der Waals surface area contributed by atoms with Gasteiger partial charge in [-0.05, 0) is 18.3 Å². The standard InChI is InChI=1S/C12H26N2O2/c1-8(2)6-10(13)12(15)14-11(7-16-5)9(3)4/h8-11H,6-7,13H2,1-5H3,(H,14,15)/t10-,11?/m0/s1. The minimum atomic E-state index is -0.418. The molecule has 16 heavy (non-hydrogen) atoms. The maximum Gasteiger partial charge on any atom is 0.237 e. The van der Waals surface area contributed by atoms with Crippen LogP contribution in [0.15, 0.2) is 0 Å². The van der Waals surface area contributed by atoms with Gasteiger partial charge >= 0.3 is 0 Å². The van der Waals surface area contributed by atoms with Gasteiger partial charge in [0.2, 0.25) is 5.91 Å². The van der Waals surface area contributed by atoms with Gasteiger partial charge in [-0.1, -0.05) is 27.7 Å². The normalized spacial score (nSPS) is 15.2. The summed E-state index contributed by atoms with van der Waals surface area (Å²) in [7, 11) is 1.63. The predicted molar refractivity (Wildman–Crippen MR) is 66.1 cm³/mol. The van der Waals surface area contributed by atoms with Gasteiger partial charge in [-0.15, -0.1) is 0 Å². The van der Waals surface area contributed by atoms with Crippen molar-refractivity contribution in [2.75, 3.05) is 13.7 Å². The molecule has 1 unspecified atom stereocenters. The number of ether oxygens (including phenoxy) is 1. The Bertz CT molecular complexity index is 205. The van der Waals surface area contributed by atoms with Gasteiger partial charge in [0.25, 0.3) is 0 Å². The first-order valence-corrected chi connectivity index (χ1v) is 5.93. The molecule has 2 atom stereocenters. The summed E-state index contributed by atoms with van der Waals surface area (Å²) in [5, 5.41) is 2.93. The molecule has 0 rings (SSSR count). The molecule has 0 spiro atoms. The van der Waals surface area contributed by atoms with Crippen LogP contribution < -0.4 is 11.1 Å². The maximum atomic E-state index is 11.8. The van der Waals surface area contributed by atoms with Crippen molar-refractivity contribution in [3.8, 4) is 0 Å². The zero-order chi connectivity index (χ0) is 12.7. The third-order valence-electron chi connectivity index (χ3n) is 2.54. The molecule has 0 saturated heterocycles. The lowest BCUT2D eigenvalue weighted by Crippen LogP contribution is -2.49. The fourth-order valence-corrected chi connectivity index (χ4v) is 1.49. The second kappa shape index (κ2) is 7.63. The van der Waals surface area contributed by atoms with Crippen LogP contribution in [0.2, 0.25) is 0 Å². The predicted octanol–water partition coefficient (Wildman–Crippen LogP) is 1.15. The Morgan fingerprint density at radius 3 is 2.25 bits per heavy atom. The van der Waals surface area contributed by atoms with E-state index in [1.165, 1.54) is 0 Å². The van der Waals surface area contributed by atoms with E-state index in [-0.39, 0.29) is 11.9 Å². The average molecular weight is 230 g/mol. The van der Waals surface area contributed by atoms with Crippen molar-refractivity contribution in [1.82, 2.24) is 5.32 Å². The second-order valence-corrected chi connectivity index (χ2v) is 5.05. The summed E-state index contributed by atoms with van der Waals surface area (Å²) in [6, 6.07) is -0.381. The van der Waals surface area contributed by atoms with Crippen LogP contribution in [0.3, 0.4) is 0 Å². The number of hydrogen-bond donors (Lipinski definition) is 2. The van der Waals surface area contributed by atoms with E-state index >= 15 is 0 Å². The Hall–Kier alpha value is -0.610. The minimum Gasteiger partial charge on any atom is -0.383 e. The Balaban J connectivity index is 4.17. The van der Waals surface area contributed by atoms with Crippen LogP contribution in [-0.4, -0.2) is 31.7 Å². The lowest BCUT2D eigenvalue weighted by Gasteiger charge is -2.24. The number of rotatable bonds is 7. The summed E-state index contributed by atoms with van der Waals surface area (Å²) in [6.45, 7) is 8.75. The van der Waals surface area contributed by atoms with Crippen molar-refractivity contribution in [2.45, 2.75) is 46.2 Å². The SMILES string of the molecule is COCC(NC(=O)[C@@H](N)CC(C)C)C(C)C. The average Bonchev–Trinajstić information content (AvgIpc) is 2.15. The van der Waals surface area contributed by atoms with Crippen molar-refractivity contribution in [2.24, 2.45) is 17.6 Å². The summed E-state index contributed by atoms with van der Waals surface area (Å²) in [5.41, 5.74) is 5.81. The summed E-state index contributed by atoms with van der Waals surface area (Å²) < 4.78 is 5.07. The molecule has 0 aliphatic heterocycles. The van der Waals surface area contributed by atoms with Gasteiger partial charge in [-0.2, -0.15) is 0 Å². The molecule has 0 aliphatic carbocycles. The lowest BCUT2D eigenvalue weighted by atomic mass is 10.0. The van der Waals surface area contributed by atoms with Gasteiger partial charge in [-0.3, -0.25) is 4.79 Å². The molecule has 0 saturated carbocycles. The first-order valence-electron chi connectivity index (χ1n) is 5.93. The third kappa shape index (κ3) is 6.08. The largest absolute Gasteiger partial charge is 0.383 e. The van der Waals surface area contributed by atoms with Crippen molar-refractivity contribution < 1.29 is 9.53 Å². The van der Waals surface area contributed by atoms with Gasteiger partial charge in [0.1, 0.15) is 0 Å². The lowest BCUT2D eigenvalue weighted by molar-refractivity contribution is -0.124. The molecule has 0 bridgehead atoms. The van der Waals surface area contributed by atoms with Crippen LogP contribution in [0.25, 0.3) is 0 Å². The van der Waals surface area contributed by atoms with E-state index in [0.29, 0.717) is 24.9 Å². The molecule has 0 aromatic rings.